The zero-order valence-corrected chi connectivity index (χ0v) is 9.23. The summed E-state index contributed by atoms with van der Waals surface area (Å²) >= 11 is 1.92. The molecule has 76 valence electrons. The molecule has 0 aromatic heterocycles. The van der Waals surface area contributed by atoms with E-state index >= 15 is 0 Å². The second-order valence-electron chi connectivity index (χ2n) is 3.82. The lowest BCUT2D eigenvalue weighted by atomic mass is 9.96. The summed E-state index contributed by atoms with van der Waals surface area (Å²) in [5.41, 5.74) is -0.475. The predicted octanol–water partition coefficient (Wildman–Crippen LogP) is 2.27. The van der Waals surface area contributed by atoms with Crippen molar-refractivity contribution in [2.24, 2.45) is 0 Å². The van der Waals surface area contributed by atoms with Gasteiger partial charge in [0, 0.05) is 0 Å². The molecular formula is C10H18O2S. The lowest BCUT2D eigenvalue weighted by Gasteiger charge is -2.28. The summed E-state index contributed by atoms with van der Waals surface area (Å²) in [7, 11) is 0. The molecule has 0 aromatic carbocycles. The lowest BCUT2D eigenvalue weighted by molar-refractivity contribution is -0.139. The van der Waals surface area contributed by atoms with Gasteiger partial charge >= 0.3 is 0 Å². The van der Waals surface area contributed by atoms with Crippen LogP contribution in [0.2, 0.25) is 0 Å². The minimum Gasteiger partial charge on any atom is -0.365 e. The maximum Gasteiger partial charge on any atom is 0.151 e. The van der Waals surface area contributed by atoms with Gasteiger partial charge in [0.05, 0.1) is 6.10 Å². The number of thioether (sulfide) groups is 1. The van der Waals surface area contributed by atoms with Crippen LogP contribution in [0.1, 0.15) is 33.1 Å². The molecule has 0 aromatic rings. The number of rotatable bonds is 3. The minimum absolute atomic E-state index is 0.147. The average Bonchev–Trinajstić information content (AvgIpc) is 2.30. The van der Waals surface area contributed by atoms with E-state index in [1.807, 2.05) is 25.6 Å². The molecule has 0 radical (unpaired) electrons. The Morgan fingerprint density at radius 1 is 1.38 bits per heavy atom. The van der Waals surface area contributed by atoms with Crippen LogP contribution in [0, 0.1) is 0 Å². The van der Waals surface area contributed by atoms with Crippen LogP contribution < -0.4 is 0 Å². The Labute approximate surface area is 84.4 Å². The molecule has 0 bridgehead atoms. The van der Waals surface area contributed by atoms with Gasteiger partial charge in [0.1, 0.15) is 5.60 Å². The molecule has 0 aliphatic carbocycles. The second kappa shape index (κ2) is 5.01. The van der Waals surface area contributed by atoms with E-state index < -0.39 is 5.60 Å². The van der Waals surface area contributed by atoms with Crippen LogP contribution in [0.3, 0.4) is 0 Å². The van der Waals surface area contributed by atoms with Crippen molar-refractivity contribution in [2.75, 3.05) is 11.5 Å². The molecule has 13 heavy (non-hydrogen) atoms. The zero-order valence-electron chi connectivity index (χ0n) is 8.41. The highest BCUT2D eigenvalue weighted by atomic mass is 32.2. The van der Waals surface area contributed by atoms with Crippen molar-refractivity contribution in [3.8, 4) is 0 Å². The molecule has 0 spiro atoms. The van der Waals surface area contributed by atoms with Gasteiger partial charge in [-0.1, -0.05) is 0 Å². The van der Waals surface area contributed by atoms with E-state index in [2.05, 4.69) is 0 Å². The summed E-state index contributed by atoms with van der Waals surface area (Å²) in [4.78, 5) is 11.0. The highest BCUT2D eigenvalue weighted by Crippen LogP contribution is 2.28. The number of carbonyl (C=O) groups excluding carboxylic acids is 1. The molecule has 0 N–H and O–H groups in total. The van der Waals surface area contributed by atoms with Crippen LogP contribution in [0.15, 0.2) is 0 Å². The van der Waals surface area contributed by atoms with Crippen molar-refractivity contribution < 1.29 is 9.53 Å². The van der Waals surface area contributed by atoms with Crippen molar-refractivity contribution in [3.05, 3.63) is 0 Å². The largest absolute Gasteiger partial charge is 0.365 e. The van der Waals surface area contributed by atoms with E-state index in [1.165, 1.54) is 0 Å². The Balaban J connectivity index is 2.59. The van der Waals surface area contributed by atoms with E-state index in [0.29, 0.717) is 0 Å². The molecule has 2 nitrogen and oxygen atoms in total. The third kappa shape index (κ3) is 3.31. The maximum atomic E-state index is 11.0. The molecule has 1 saturated heterocycles. The van der Waals surface area contributed by atoms with E-state index in [0.717, 1.165) is 37.1 Å². The molecule has 0 saturated carbocycles. The van der Waals surface area contributed by atoms with Gasteiger partial charge in [-0.25, -0.2) is 0 Å². The molecule has 1 aliphatic heterocycles. The van der Waals surface area contributed by atoms with Crippen molar-refractivity contribution in [2.45, 2.75) is 44.8 Å². The van der Waals surface area contributed by atoms with E-state index in [-0.39, 0.29) is 6.10 Å². The van der Waals surface area contributed by atoms with Crippen LogP contribution in [-0.4, -0.2) is 29.5 Å². The topological polar surface area (TPSA) is 26.3 Å². The number of hydrogen-bond donors (Lipinski definition) is 0. The van der Waals surface area contributed by atoms with Crippen LogP contribution in [0.4, 0.5) is 0 Å². The van der Waals surface area contributed by atoms with Gasteiger partial charge in [-0.05, 0) is 44.6 Å². The third-order valence-corrected chi connectivity index (χ3v) is 3.31. The van der Waals surface area contributed by atoms with E-state index in [1.54, 1.807) is 0 Å². The van der Waals surface area contributed by atoms with Crippen molar-refractivity contribution in [1.82, 2.24) is 0 Å². The predicted molar refractivity (Wildman–Crippen MR) is 56.2 cm³/mol. The first kappa shape index (κ1) is 11.1. The van der Waals surface area contributed by atoms with Gasteiger partial charge in [-0.3, -0.25) is 0 Å². The first-order chi connectivity index (χ1) is 6.18. The molecule has 3 heteroatoms. The fraction of sp³-hybridized carbons (Fsp3) is 0.900. The molecule has 1 fully saturated rings. The summed E-state index contributed by atoms with van der Waals surface area (Å²) in [6, 6.07) is 0. The maximum absolute atomic E-state index is 11.0. The Morgan fingerprint density at radius 3 is 2.77 bits per heavy atom. The Hall–Kier alpha value is -0.0200. The molecule has 1 aliphatic rings. The first-order valence-electron chi connectivity index (χ1n) is 4.90. The number of hydrogen-bond acceptors (Lipinski definition) is 3. The first-order valence-corrected chi connectivity index (χ1v) is 6.06. The van der Waals surface area contributed by atoms with Crippen LogP contribution in [0.5, 0.6) is 0 Å². The smallest absolute Gasteiger partial charge is 0.151 e. The third-order valence-electron chi connectivity index (χ3n) is 2.24. The molecular weight excluding hydrogens is 184 g/mol. The molecule has 1 heterocycles. The molecule has 1 atom stereocenters. The number of ether oxygens (including phenoxy) is 1. The van der Waals surface area contributed by atoms with Gasteiger partial charge in [0.25, 0.3) is 0 Å². The molecule has 0 amide bonds. The summed E-state index contributed by atoms with van der Waals surface area (Å²) < 4.78 is 5.73. The number of aldehydes is 1. The Morgan fingerprint density at radius 2 is 2.15 bits per heavy atom. The van der Waals surface area contributed by atoms with Crippen molar-refractivity contribution >= 4 is 18.0 Å². The molecule has 1 unspecified atom stereocenters. The highest BCUT2D eigenvalue weighted by molar-refractivity contribution is 7.99. The standard InChI is InChI=1S/C10H18O2S/c1-9(2)12-10(8-11)4-3-6-13-7-5-10/h8-9H,3-7H2,1-2H3. The minimum atomic E-state index is -0.475. The fourth-order valence-electron chi connectivity index (χ4n) is 1.68. The van der Waals surface area contributed by atoms with Crippen LogP contribution in [0.25, 0.3) is 0 Å². The summed E-state index contributed by atoms with van der Waals surface area (Å²) in [6.45, 7) is 3.98. The van der Waals surface area contributed by atoms with E-state index in [4.69, 9.17) is 4.74 Å². The van der Waals surface area contributed by atoms with Crippen LogP contribution in [-0.2, 0) is 9.53 Å². The van der Waals surface area contributed by atoms with E-state index in [9.17, 15) is 4.79 Å². The SMILES string of the molecule is CC(C)OC1(C=O)CCCSCC1. The van der Waals surface area contributed by atoms with Gasteiger partial charge in [-0.2, -0.15) is 11.8 Å². The summed E-state index contributed by atoms with van der Waals surface area (Å²) in [5, 5.41) is 0. The quantitative estimate of drug-likeness (QED) is 0.657. The van der Waals surface area contributed by atoms with Crippen molar-refractivity contribution in [1.29, 1.82) is 0 Å². The molecule has 1 rings (SSSR count). The van der Waals surface area contributed by atoms with Crippen molar-refractivity contribution in [3.63, 3.8) is 0 Å². The van der Waals surface area contributed by atoms with Gasteiger partial charge < -0.3 is 9.53 Å². The number of carbonyl (C=O) groups is 1. The fourth-order valence-corrected chi connectivity index (χ4v) is 2.72. The van der Waals surface area contributed by atoms with Crippen LogP contribution >= 0.6 is 11.8 Å². The van der Waals surface area contributed by atoms with Gasteiger partial charge in [0.15, 0.2) is 6.29 Å². The highest BCUT2D eigenvalue weighted by Gasteiger charge is 2.32. The lowest BCUT2D eigenvalue weighted by Crippen LogP contribution is -2.37. The Bertz CT molecular complexity index is 160. The zero-order chi connectivity index (χ0) is 9.73. The average molecular weight is 202 g/mol. The monoisotopic (exact) mass is 202 g/mol. The summed E-state index contributed by atoms with van der Waals surface area (Å²) in [5.74, 6) is 2.21. The van der Waals surface area contributed by atoms with Gasteiger partial charge in [0.2, 0.25) is 0 Å². The normalized spacial score (nSPS) is 30.1. The Kier molecular flexibility index (Phi) is 4.26. The summed E-state index contributed by atoms with van der Waals surface area (Å²) in [6.07, 6.45) is 4.02. The second-order valence-corrected chi connectivity index (χ2v) is 5.04. The van der Waals surface area contributed by atoms with Gasteiger partial charge in [-0.15, -0.1) is 0 Å².